The number of rotatable bonds is 6. The molecule has 0 atom stereocenters. The summed E-state index contributed by atoms with van der Waals surface area (Å²) in [7, 11) is 2.89. The highest BCUT2D eigenvalue weighted by molar-refractivity contribution is 5.78. The van der Waals surface area contributed by atoms with Crippen molar-refractivity contribution in [3.05, 3.63) is 55.6 Å². The molecule has 1 fully saturated rings. The maximum atomic E-state index is 12.4. The molecule has 152 valence electrons. The summed E-state index contributed by atoms with van der Waals surface area (Å²) in [6.07, 6.45) is 5.02. The van der Waals surface area contributed by atoms with E-state index in [2.05, 4.69) is 15.3 Å². The summed E-state index contributed by atoms with van der Waals surface area (Å²) >= 11 is 0. The molecule has 0 aliphatic heterocycles. The number of aryl methyl sites for hydroxylation is 1. The maximum absolute atomic E-state index is 12.4. The van der Waals surface area contributed by atoms with Gasteiger partial charge in [0.1, 0.15) is 6.54 Å². The molecule has 0 radical (unpaired) electrons. The fourth-order valence-corrected chi connectivity index (χ4v) is 3.25. The topological polar surface area (TPSA) is 126 Å². The van der Waals surface area contributed by atoms with Crippen molar-refractivity contribution in [1.82, 2.24) is 33.6 Å². The molecular formula is C18H21N7O4. The van der Waals surface area contributed by atoms with Crippen molar-refractivity contribution in [2.45, 2.75) is 31.8 Å². The molecule has 3 aromatic rings. The summed E-state index contributed by atoms with van der Waals surface area (Å²) in [6.45, 7) is 0.410. The van der Waals surface area contributed by atoms with Crippen molar-refractivity contribution in [1.29, 1.82) is 0 Å². The van der Waals surface area contributed by atoms with Gasteiger partial charge in [-0.15, -0.1) is 0 Å². The van der Waals surface area contributed by atoms with Crippen LogP contribution in [0.1, 0.15) is 24.5 Å². The lowest BCUT2D eigenvalue weighted by Crippen LogP contribution is -2.38. The van der Waals surface area contributed by atoms with E-state index >= 15 is 0 Å². The van der Waals surface area contributed by atoms with Gasteiger partial charge in [-0.3, -0.25) is 28.1 Å². The zero-order valence-electron chi connectivity index (χ0n) is 16.2. The van der Waals surface area contributed by atoms with Gasteiger partial charge in [0, 0.05) is 39.2 Å². The number of hydrogen-bond donors (Lipinski definition) is 1. The second-order valence-corrected chi connectivity index (χ2v) is 7.22. The molecular weight excluding hydrogens is 378 g/mol. The monoisotopic (exact) mass is 399 g/mol. The number of nitrogens with one attached hydrogen (secondary N) is 1. The molecule has 1 saturated carbocycles. The molecule has 1 amide bonds. The SMILES string of the molecule is Cn1c(=O)c2c(ncn2CC(=O)NCCn2cnc(C3CC3)cc2=O)n(C)c1=O. The smallest absolute Gasteiger partial charge is 0.332 e. The van der Waals surface area contributed by atoms with Gasteiger partial charge in [0.2, 0.25) is 5.91 Å². The van der Waals surface area contributed by atoms with Crippen molar-refractivity contribution in [2.24, 2.45) is 14.1 Å². The Morgan fingerprint density at radius 2 is 1.83 bits per heavy atom. The number of carbonyl (C=O) groups excluding carboxylic acids is 1. The highest BCUT2D eigenvalue weighted by Gasteiger charge is 2.25. The Balaban J connectivity index is 1.42. The first-order valence-electron chi connectivity index (χ1n) is 9.30. The van der Waals surface area contributed by atoms with Gasteiger partial charge in [0.05, 0.1) is 18.3 Å². The highest BCUT2D eigenvalue weighted by atomic mass is 16.2. The van der Waals surface area contributed by atoms with Crippen molar-refractivity contribution < 1.29 is 4.79 Å². The molecule has 3 heterocycles. The molecule has 1 N–H and O–H groups in total. The largest absolute Gasteiger partial charge is 0.353 e. The number of carbonyl (C=O) groups is 1. The summed E-state index contributed by atoms with van der Waals surface area (Å²) in [5, 5.41) is 2.72. The molecule has 4 rings (SSSR count). The van der Waals surface area contributed by atoms with E-state index in [1.807, 2.05) is 0 Å². The van der Waals surface area contributed by atoms with E-state index in [0.717, 1.165) is 23.1 Å². The molecule has 11 nitrogen and oxygen atoms in total. The van der Waals surface area contributed by atoms with Gasteiger partial charge in [-0.1, -0.05) is 0 Å². The molecule has 0 spiro atoms. The van der Waals surface area contributed by atoms with E-state index in [-0.39, 0.29) is 35.7 Å². The Labute approximate surface area is 164 Å². The fourth-order valence-electron chi connectivity index (χ4n) is 3.25. The van der Waals surface area contributed by atoms with Crippen LogP contribution < -0.4 is 22.1 Å². The van der Waals surface area contributed by atoms with E-state index < -0.39 is 11.2 Å². The molecule has 0 unspecified atom stereocenters. The van der Waals surface area contributed by atoms with Crippen LogP contribution in [-0.2, 0) is 32.0 Å². The standard InChI is InChI=1S/C18H21N7O4/c1-22-16-15(17(28)23(2)18(22)29)25(10-21-16)8-13(26)19-5-6-24-9-20-12(7-14(24)27)11-3-4-11/h7,9-11H,3-6,8H2,1-2H3,(H,19,26). The van der Waals surface area contributed by atoms with Crippen LogP contribution in [0.25, 0.3) is 11.2 Å². The molecule has 11 heteroatoms. The molecule has 1 aliphatic carbocycles. The minimum absolute atomic E-state index is 0.127. The lowest BCUT2D eigenvalue weighted by molar-refractivity contribution is -0.121. The highest BCUT2D eigenvalue weighted by Crippen LogP contribution is 2.38. The Morgan fingerprint density at radius 1 is 1.10 bits per heavy atom. The zero-order valence-corrected chi connectivity index (χ0v) is 16.2. The van der Waals surface area contributed by atoms with Gasteiger partial charge in [-0.25, -0.2) is 14.8 Å². The van der Waals surface area contributed by atoms with Crippen LogP contribution in [-0.4, -0.2) is 40.7 Å². The van der Waals surface area contributed by atoms with Gasteiger partial charge < -0.3 is 9.88 Å². The lowest BCUT2D eigenvalue weighted by atomic mass is 10.3. The van der Waals surface area contributed by atoms with Crippen molar-refractivity contribution in [3.63, 3.8) is 0 Å². The van der Waals surface area contributed by atoms with Gasteiger partial charge in [-0.2, -0.15) is 0 Å². The molecule has 29 heavy (non-hydrogen) atoms. The fraction of sp³-hybridized carbons (Fsp3) is 0.444. The normalized spacial score (nSPS) is 13.7. The number of amides is 1. The molecule has 3 aromatic heterocycles. The number of fused-ring (bicyclic) bond motifs is 1. The van der Waals surface area contributed by atoms with E-state index in [9.17, 15) is 19.2 Å². The van der Waals surface area contributed by atoms with E-state index in [0.29, 0.717) is 12.5 Å². The van der Waals surface area contributed by atoms with Crippen LogP contribution in [0.15, 0.2) is 33.1 Å². The van der Waals surface area contributed by atoms with Crippen molar-refractivity contribution >= 4 is 17.1 Å². The predicted octanol–water partition coefficient (Wildman–Crippen LogP) is -1.32. The first-order chi connectivity index (χ1) is 13.9. The van der Waals surface area contributed by atoms with Crippen molar-refractivity contribution in [3.8, 4) is 0 Å². The first kappa shape index (κ1) is 18.8. The Morgan fingerprint density at radius 3 is 2.52 bits per heavy atom. The maximum Gasteiger partial charge on any atom is 0.332 e. The number of hydrogen-bond acceptors (Lipinski definition) is 6. The Kier molecular flexibility index (Phi) is 4.65. The second kappa shape index (κ2) is 7.15. The van der Waals surface area contributed by atoms with Gasteiger partial charge in [0.15, 0.2) is 11.2 Å². The van der Waals surface area contributed by atoms with Crippen LogP contribution in [0.4, 0.5) is 0 Å². The minimum Gasteiger partial charge on any atom is -0.353 e. The van der Waals surface area contributed by atoms with Crippen LogP contribution in [0.5, 0.6) is 0 Å². The average Bonchev–Trinajstić information content (AvgIpc) is 3.46. The van der Waals surface area contributed by atoms with Crippen LogP contribution >= 0.6 is 0 Å². The van der Waals surface area contributed by atoms with E-state index in [4.69, 9.17) is 0 Å². The van der Waals surface area contributed by atoms with Crippen molar-refractivity contribution in [2.75, 3.05) is 6.54 Å². The minimum atomic E-state index is -0.512. The quantitative estimate of drug-likeness (QED) is 0.548. The van der Waals surface area contributed by atoms with Crippen LogP contribution in [0, 0.1) is 0 Å². The van der Waals surface area contributed by atoms with E-state index in [1.165, 1.54) is 40.5 Å². The average molecular weight is 399 g/mol. The van der Waals surface area contributed by atoms with Gasteiger partial charge in [-0.05, 0) is 12.8 Å². The summed E-state index contributed by atoms with van der Waals surface area (Å²) in [4.78, 5) is 57.1. The van der Waals surface area contributed by atoms with Gasteiger partial charge in [0.25, 0.3) is 11.1 Å². The van der Waals surface area contributed by atoms with Gasteiger partial charge >= 0.3 is 5.69 Å². The van der Waals surface area contributed by atoms with Crippen LogP contribution in [0.3, 0.4) is 0 Å². The first-order valence-corrected chi connectivity index (χ1v) is 9.30. The number of aromatic nitrogens is 6. The Hall–Kier alpha value is -3.50. The van der Waals surface area contributed by atoms with E-state index in [1.54, 1.807) is 6.07 Å². The molecule has 0 saturated heterocycles. The Bertz CT molecular complexity index is 1280. The molecule has 0 bridgehead atoms. The third-order valence-corrected chi connectivity index (χ3v) is 5.10. The predicted molar refractivity (Wildman–Crippen MR) is 104 cm³/mol. The van der Waals surface area contributed by atoms with Crippen LogP contribution in [0.2, 0.25) is 0 Å². The molecule has 1 aliphatic rings. The zero-order chi connectivity index (χ0) is 20.7. The summed E-state index contributed by atoms with van der Waals surface area (Å²) in [5.41, 5.74) is 0.102. The summed E-state index contributed by atoms with van der Waals surface area (Å²) in [6, 6.07) is 1.55. The third-order valence-electron chi connectivity index (χ3n) is 5.10. The summed E-state index contributed by atoms with van der Waals surface area (Å²) in [5.74, 6) is 0.0741. The number of nitrogens with zero attached hydrogens (tertiary/aromatic N) is 6. The summed E-state index contributed by atoms with van der Waals surface area (Å²) < 4.78 is 5.09. The lowest BCUT2D eigenvalue weighted by Gasteiger charge is -2.09. The number of imidazole rings is 1. The second-order valence-electron chi connectivity index (χ2n) is 7.22. The third kappa shape index (κ3) is 3.50. The molecule has 0 aromatic carbocycles.